The molecule has 0 radical (unpaired) electrons. The summed E-state index contributed by atoms with van der Waals surface area (Å²) in [6, 6.07) is 1.03. The topological polar surface area (TPSA) is 366 Å². The molecule has 0 saturated heterocycles. The van der Waals surface area contributed by atoms with E-state index in [9.17, 15) is 43.2 Å². The van der Waals surface area contributed by atoms with Crippen LogP contribution < -0.4 is 48.3 Å². The molecule has 7 rings (SSSR count). The Labute approximate surface area is 452 Å². The second-order valence-corrected chi connectivity index (χ2v) is 20.2. The summed E-state index contributed by atoms with van der Waals surface area (Å²) in [6.45, 7) is 22.6. The highest BCUT2D eigenvalue weighted by molar-refractivity contribution is 7.13. The Morgan fingerprint density at radius 1 is 0.727 bits per heavy atom. The minimum Gasteiger partial charge on any atom is -0.440 e. The third-order valence-corrected chi connectivity index (χ3v) is 14.3. The number of primary amides is 1. The smallest absolute Gasteiger partial charge is 0.275 e. The molecule has 396 valence electrons. The number of carbonyl (C=O) groups is 9. The van der Waals surface area contributed by atoms with Crippen LogP contribution in [-0.4, -0.2) is 89.1 Å². The first-order chi connectivity index (χ1) is 36.5. The van der Waals surface area contributed by atoms with Crippen molar-refractivity contribution in [3.05, 3.63) is 138 Å². The molecule has 77 heavy (non-hydrogen) atoms. The molecule has 2 atom stereocenters. The molecular weight excluding hydrogens is 1070 g/mol. The van der Waals surface area contributed by atoms with Crippen molar-refractivity contribution in [3.8, 4) is 22.0 Å². The van der Waals surface area contributed by atoms with Crippen molar-refractivity contribution in [2.75, 3.05) is 0 Å². The van der Waals surface area contributed by atoms with E-state index in [4.69, 9.17) is 10.2 Å². The number of fused-ring (bicyclic) bond motifs is 13. The molecule has 0 saturated carbocycles. The van der Waals surface area contributed by atoms with Crippen LogP contribution in [0.25, 0.3) is 33.4 Å². The average Bonchev–Trinajstić information content (AvgIpc) is 4.27. The Morgan fingerprint density at radius 3 is 2.04 bits per heavy atom. The van der Waals surface area contributed by atoms with E-state index in [0.29, 0.717) is 10.0 Å². The third-order valence-electron chi connectivity index (χ3n) is 10.7. The number of amides is 9. The van der Waals surface area contributed by atoms with Gasteiger partial charge in [0.15, 0.2) is 0 Å². The zero-order chi connectivity index (χ0) is 56.0. The molecule has 0 aliphatic carbocycles. The fourth-order valence-electron chi connectivity index (χ4n) is 6.62. The van der Waals surface area contributed by atoms with E-state index in [1.807, 2.05) is 0 Å². The molecule has 7 heterocycles. The number of allylic oxidation sites excluding steroid dienone is 1. The molecule has 9 amide bonds. The van der Waals surface area contributed by atoms with E-state index in [1.165, 1.54) is 40.6 Å². The van der Waals surface area contributed by atoms with Gasteiger partial charge in [-0.2, -0.15) is 0 Å². The number of nitrogens with one attached hydrogen (secondary N) is 8. The summed E-state index contributed by atoms with van der Waals surface area (Å²) in [4.78, 5) is 145. The molecule has 1 aliphatic rings. The highest BCUT2D eigenvalue weighted by atomic mass is 32.1. The Kier molecular flexibility index (Phi) is 17.0. The van der Waals surface area contributed by atoms with Gasteiger partial charge in [0, 0.05) is 27.1 Å². The number of pyridine rings is 1. The third kappa shape index (κ3) is 13.0. The van der Waals surface area contributed by atoms with Crippen LogP contribution >= 0.6 is 45.3 Å². The van der Waals surface area contributed by atoms with Gasteiger partial charge in [0.2, 0.25) is 11.8 Å². The van der Waals surface area contributed by atoms with E-state index in [2.05, 4.69) is 98.8 Å². The predicted octanol–water partition coefficient (Wildman–Crippen LogP) is 3.59. The molecule has 0 aromatic carbocycles. The Bertz CT molecular complexity index is 3530. The standard InChI is InChI=1S/C48H45N15O10S4/c1-10-26-48-61-29(17-77-48)41(69)53-21(6)38(66)54-22(7)45-63-34(24(9)73-45)35-25(11-12-27(57-35)39(67)52-20(5)37(65)51-19(4)36(49)64)47-60-31(16-76-47)43(71)62-33(18(2)3)44(72)50-13-32-56-28(14-74-32)40(68)55-23(8)46-59-30(15-75-46)42(70)58-26/h10-12,14-18,23,33H,4-7,13H2,1-3,8-9H3,(H2,49,64)(H,50,72)(H,51,65)(H,52,67)(H,53,69)(H,54,66)(H,55,68)(H,58,70)(H,62,71)/b26-10-/t23-,33-/m0/s1. The Hall–Kier alpha value is -9.19. The molecule has 29 heteroatoms. The number of thiazole rings is 4. The Balaban J connectivity index is 1.20. The lowest BCUT2D eigenvalue weighted by Crippen LogP contribution is -2.49. The van der Waals surface area contributed by atoms with E-state index in [-0.39, 0.29) is 85.0 Å². The van der Waals surface area contributed by atoms with Gasteiger partial charge in [-0.1, -0.05) is 46.2 Å². The largest absolute Gasteiger partial charge is 0.440 e. The molecule has 6 aromatic heterocycles. The van der Waals surface area contributed by atoms with Crippen molar-refractivity contribution in [3.63, 3.8) is 0 Å². The lowest BCUT2D eigenvalue weighted by molar-refractivity contribution is -0.124. The molecular formula is C48H45N15O10S4. The number of aromatic nitrogens is 6. The summed E-state index contributed by atoms with van der Waals surface area (Å²) in [5.74, 6) is -7.66. The predicted molar refractivity (Wildman–Crippen MR) is 284 cm³/mol. The van der Waals surface area contributed by atoms with E-state index in [0.717, 1.165) is 45.3 Å². The van der Waals surface area contributed by atoms with Crippen LogP contribution in [0.5, 0.6) is 0 Å². The summed E-state index contributed by atoms with van der Waals surface area (Å²) >= 11 is 4.31. The average molecular weight is 1120 g/mol. The van der Waals surface area contributed by atoms with Crippen LogP contribution in [0.2, 0.25) is 0 Å². The molecule has 0 spiro atoms. The van der Waals surface area contributed by atoms with Gasteiger partial charge in [-0.15, -0.1) is 45.3 Å². The maximum atomic E-state index is 13.8. The number of carbonyl (C=O) groups excluding carboxylic acids is 9. The van der Waals surface area contributed by atoms with Gasteiger partial charge >= 0.3 is 0 Å². The second-order valence-electron chi connectivity index (χ2n) is 16.6. The highest BCUT2D eigenvalue weighted by Gasteiger charge is 2.29. The Morgan fingerprint density at radius 2 is 1.34 bits per heavy atom. The number of hydrogen-bond donors (Lipinski definition) is 9. The van der Waals surface area contributed by atoms with Crippen LogP contribution in [0, 0.1) is 12.8 Å². The first-order valence-corrected chi connectivity index (χ1v) is 26.0. The van der Waals surface area contributed by atoms with Gasteiger partial charge in [0.25, 0.3) is 47.3 Å². The fraction of sp³-hybridized carbons (Fsp3) is 0.188. The van der Waals surface area contributed by atoms with Crippen molar-refractivity contribution >= 4 is 110 Å². The van der Waals surface area contributed by atoms with Gasteiger partial charge in [-0.3, -0.25) is 43.2 Å². The maximum Gasteiger partial charge on any atom is 0.275 e. The zero-order valence-corrected chi connectivity index (χ0v) is 44.6. The van der Waals surface area contributed by atoms with Crippen LogP contribution in [0.1, 0.15) is 113 Å². The number of nitrogens with zero attached hydrogens (tertiary/aromatic N) is 6. The van der Waals surface area contributed by atoms with Crippen LogP contribution in [-0.2, 0) is 25.7 Å². The van der Waals surface area contributed by atoms with E-state index in [1.54, 1.807) is 33.8 Å². The number of aryl methyl sites for hydroxylation is 1. The van der Waals surface area contributed by atoms with Crippen LogP contribution in [0.4, 0.5) is 0 Å². The fourth-order valence-corrected chi connectivity index (χ4v) is 9.80. The molecule has 25 nitrogen and oxygen atoms in total. The van der Waals surface area contributed by atoms with Crippen LogP contribution in [0.15, 0.2) is 87.6 Å². The molecule has 10 N–H and O–H groups in total. The monoisotopic (exact) mass is 1120 g/mol. The number of hydrogen-bond acceptors (Lipinski definition) is 20. The van der Waals surface area contributed by atoms with Crippen molar-refractivity contribution < 1.29 is 47.6 Å². The molecule has 6 aromatic rings. The lowest BCUT2D eigenvalue weighted by Gasteiger charge is -2.21. The van der Waals surface area contributed by atoms with Crippen molar-refractivity contribution in [1.82, 2.24) is 72.4 Å². The first kappa shape index (κ1) is 55.6. The van der Waals surface area contributed by atoms with Crippen molar-refractivity contribution in [2.24, 2.45) is 11.7 Å². The molecule has 10 bridgehead atoms. The molecule has 0 unspecified atom stereocenters. The maximum absolute atomic E-state index is 13.8. The van der Waals surface area contributed by atoms with Crippen molar-refractivity contribution in [1.29, 1.82) is 0 Å². The van der Waals surface area contributed by atoms with Gasteiger partial charge in [-0.25, -0.2) is 29.9 Å². The summed E-state index contributed by atoms with van der Waals surface area (Å²) in [6.07, 6.45) is 1.57. The van der Waals surface area contributed by atoms with Gasteiger partial charge in [0.1, 0.15) is 71.7 Å². The second kappa shape index (κ2) is 23.6. The van der Waals surface area contributed by atoms with Gasteiger partial charge in [-0.05, 0) is 38.8 Å². The SMILES string of the molecule is C=C(NC(=O)C(=C)NC(=O)c1ccc2c(n1)-c1nc(oc1C)C(=C)NC(=O)C(=C)NC(=O)c1csc(n1)/C(=C/C)NC(=O)c1csc(n1)[C@H](C)NC(=O)c1csc(n1)CNC(=O)[C@H](C(C)C)NC(=O)c1csc-2n1)C(N)=O. The quantitative estimate of drug-likeness (QED) is 0.108. The summed E-state index contributed by atoms with van der Waals surface area (Å²) in [7, 11) is 0. The van der Waals surface area contributed by atoms with Crippen LogP contribution in [0.3, 0.4) is 0 Å². The van der Waals surface area contributed by atoms with E-state index < -0.39 is 88.3 Å². The molecule has 0 fully saturated rings. The summed E-state index contributed by atoms with van der Waals surface area (Å²) < 4.78 is 5.91. The van der Waals surface area contributed by atoms with Gasteiger partial charge < -0.3 is 52.7 Å². The number of rotatable bonds is 6. The van der Waals surface area contributed by atoms with E-state index >= 15 is 0 Å². The lowest BCUT2D eigenvalue weighted by atomic mass is 10.0. The summed E-state index contributed by atoms with van der Waals surface area (Å²) in [5.41, 5.74) is 3.63. The minimum absolute atomic E-state index is 0.00173. The van der Waals surface area contributed by atoms with Gasteiger partial charge in [0.05, 0.1) is 41.1 Å². The highest BCUT2D eigenvalue weighted by Crippen LogP contribution is 2.35. The first-order valence-electron chi connectivity index (χ1n) is 22.5. The normalized spacial score (nSPS) is 16.6. The molecule has 1 aliphatic heterocycles. The van der Waals surface area contributed by atoms with Crippen molar-refractivity contribution in [2.45, 2.75) is 53.2 Å². The zero-order valence-electron chi connectivity index (χ0n) is 41.3. The number of nitrogens with two attached hydrogens (primary N) is 1. The minimum atomic E-state index is -1.06. The number of oxazole rings is 1. The summed E-state index contributed by atoms with van der Waals surface area (Å²) in [5, 5.41) is 27.4.